The lowest BCUT2D eigenvalue weighted by atomic mass is 10.0. The summed E-state index contributed by atoms with van der Waals surface area (Å²) in [5, 5.41) is 9.55. The molecule has 0 amide bonds. The fourth-order valence-corrected chi connectivity index (χ4v) is 1.89. The van der Waals surface area contributed by atoms with E-state index < -0.39 is 5.97 Å². The molecule has 0 spiro atoms. The minimum absolute atomic E-state index is 0.240. The van der Waals surface area contributed by atoms with Gasteiger partial charge in [0, 0.05) is 10.6 Å². The first-order valence-electron chi connectivity index (χ1n) is 5.29. The minimum atomic E-state index is -0.954. The Morgan fingerprint density at radius 3 is 2.67 bits per heavy atom. The molecule has 0 bridgehead atoms. The summed E-state index contributed by atoms with van der Waals surface area (Å²) >= 11 is 5.89. The lowest BCUT2D eigenvalue weighted by Gasteiger charge is -2.09. The van der Waals surface area contributed by atoms with Gasteiger partial charge in [0.05, 0.1) is 12.7 Å². The van der Waals surface area contributed by atoms with Gasteiger partial charge in [-0.25, -0.2) is 4.79 Å². The van der Waals surface area contributed by atoms with Gasteiger partial charge in [-0.2, -0.15) is 0 Å². The van der Waals surface area contributed by atoms with Crippen LogP contribution in [-0.4, -0.2) is 18.2 Å². The molecule has 3 nitrogen and oxygen atoms in total. The van der Waals surface area contributed by atoms with Crippen LogP contribution in [0.25, 0.3) is 11.1 Å². The third kappa shape index (κ3) is 2.46. The van der Waals surface area contributed by atoms with Crippen LogP contribution < -0.4 is 4.74 Å². The molecule has 0 saturated heterocycles. The van der Waals surface area contributed by atoms with E-state index in [1.165, 1.54) is 0 Å². The summed E-state index contributed by atoms with van der Waals surface area (Å²) in [5.41, 5.74) is 1.83. The van der Waals surface area contributed by atoms with Crippen LogP contribution in [0.15, 0.2) is 42.5 Å². The Hall–Kier alpha value is -2.00. The summed E-state index contributed by atoms with van der Waals surface area (Å²) in [6.07, 6.45) is 0. The number of ether oxygens (including phenoxy) is 1. The number of hydrogen-bond acceptors (Lipinski definition) is 2. The molecule has 0 unspecified atom stereocenters. The first kappa shape index (κ1) is 12.5. The average Bonchev–Trinajstić information content (AvgIpc) is 2.38. The van der Waals surface area contributed by atoms with Crippen molar-refractivity contribution in [1.82, 2.24) is 0 Å². The number of carbonyl (C=O) groups is 1. The second-order valence-corrected chi connectivity index (χ2v) is 4.17. The lowest BCUT2D eigenvalue weighted by molar-refractivity contribution is 0.0697. The number of methoxy groups -OCH3 is 1. The van der Waals surface area contributed by atoms with E-state index in [1.54, 1.807) is 37.4 Å². The van der Waals surface area contributed by atoms with Crippen LogP contribution in [0, 0.1) is 0 Å². The predicted octanol–water partition coefficient (Wildman–Crippen LogP) is 3.71. The summed E-state index contributed by atoms with van der Waals surface area (Å²) in [4.78, 5) is 10.9. The third-order valence-electron chi connectivity index (χ3n) is 2.58. The van der Waals surface area contributed by atoms with E-state index in [0.29, 0.717) is 10.8 Å². The van der Waals surface area contributed by atoms with Crippen LogP contribution in [0.3, 0.4) is 0 Å². The second kappa shape index (κ2) is 5.10. The van der Waals surface area contributed by atoms with Crippen molar-refractivity contribution in [2.75, 3.05) is 7.11 Å². The number of hydrogen-bond donors (Lipinski definition) is 1. The highest BCUT2D eigenvalue weighted by Gasteiger charge is 2.09. The monoisotopic (exact) mass is 262 g/mol. The molecule has 18 heavy (non-hydrogen) atoms. The van der Waals surface area contributed by atoms with E-state index in [1.807, 2.05) is 12.1 Å². The van der Waals surface area contributed by atoms with Crippen molar-refractivity contribution in [1.29, 1.82) is 0 Å². The summed E-state index contributed by atoms with van der Waals surface area (Å²) in [7, 11) is 1.55. The molecule has 0 radical (unpaired) electrons. The van der Waals surface area contributed by atoms with Crippen LogP contribution in [0.4, 0.5) is 0 Å². The van der Waals surface area contributed by atoms with Crippen LogP contribution in [0.5, 0.6) is 5.75 Å². The normalized spacial score (nSPS) is 10.1. The fourth-order valence-electron chi connectivity index (χ4n) is 1.72. The zero-order valence-electron chi connectivity index (χ0n) is 9.68. The zero-order chi connectivity index (χ0) is 13.1. The van der Waals surface area contributed by atoms with Gasteiger partial charge in [0.25, 0.3) is 0 Å². The topological polar surface area (TPSA) is 46.5 Å². The van der Waals surface area contributed by atoms with Crippen molar-refractivity contribution in [3.63, 3.8) is 0 Å². The number of halogens is 1. The summed E-state index contributed by atoms with van der Waals surface area (Å²) < 4.78 is 5.25. The molecule has 92 valence electrons. The third-order valence-corrected chi connectivity index (χ3v) is 2.82. The van der Waals surface area contributed by atoms with Crippen molar-refractivity contribution in [3.05, 3.63) is 53.1 Å². The summed E-state index contributed by atoms with van der Waals surface area (Å²) in [6, 6.07) is 11.9. The van der Waals surface area contributed by atoms with Gasteiger partial charge in [0.1, 0.15) is 5.75 Å². The number of aromatic carboxylic acids is 1. The van der Waals surface area contributed by atoms with Crippen molar-refractivity contribution < 1.29 is 14.6 Å². The molecule has 2 aromatic rings. The number of carboxylic acids is 1. The van der Waals surface area contributed by atoms with Crippen LogP contribution in [0.1, 0.15) is 10.4 Å². The van der Waals surface area contributed by atoms with Gasteiger partial charge in [0.2, 0.25) is 0 Å². The maximum Gasteiger partial charge on any atom is 0.335 e. The predicted molar refractivity (Wildman–Crippen MR) is 70.4 cm³/mol. The first-order chi connectivity index (χ1) is 8.61. The smallest absolute Gasteiger partial charge is 0.335 e. The molecular weight excluding hydrogens is 252 g/mol. The SMILES string of the molecule is COc1cc(Cl)ccc1-c1cccc(C(=O)O)c1. The van der Waals surface area contributed by atoms with Crippen molar-refractivity contribution in [2.24, 2.45) is 0 Å². The van der Waals surface area contributed by atoms with E-state index in [-0.39, 0.29) is 5.56 Å². The molecule has 0 aromatic heterocycles. The number of rotatable bonds is 3. The average molecular weight is 263 g/mol. The summed E-state index contributed by atoms with van der Waals surface area (Å²) in [5.74, 6) is -0.338. The van der Waals surface area contributed by atoms with E-state index in [9.17, 15) is 4.79 Å². The first-order valence-corrected chi connectivity index (χ1v) is 5.67. The zero-order valence-corrected chi connectivity index (χ0v) is 10.4. The van der Waals surface area contributed by atoms with Gasteiger partial charge in [-0.1, -0.05) is 23.7 Å². The maximum absolute atomic E-state index is 10.9. The van der Waals surface area contributed by atoms with Crippen LogP contribution >= 0.6 is 11.6 Å². The van der Waals surface area contributed by atoms with Gasteiger partial charge in [-0.05, 0) is 35.9 Å². The Morgan fingerprint density at radius 1 is 1.22 bits per heavy atom. The fraction of sp³-hybridized carbons (Fsp3) is 0.0714. The largest absolute Gasteiger partial charge is 0.496 e. The number of benzene rings is 2. The highest BCUT2D eigenvalue weighted by Crippen LogP contribution is 2.32. The standard InChI is InChI=1S/C14H11ClO3/c1-18-13-8-11(15)5-6-12(13)9-3-2-4-10(7-9)14(16)17/h2-8H,1H3,(H,16,17). The molecule has 0 atom stereocenters. The Kier molecular flexibility index (Phi) is 3.53. The second-order valence-electron chi connectivity index (χ2n) is 3.73. The Morgan fingerprint density at radius 2 is 2.00 bits per heavy atom. The Labute approximate surface area is 110 Å². The molecule has 2 aromatic carbocycles. The molecule has 0 saturated carbocycles. The Bertz CT molecular complexity index is 593. The number of carboxylic acid groups (broad SMARTS) is 1. The molecule has 2 rings (SSSR count). The quantitative estimate of drug-likeness (QED) is 0.917. The molecule has 0 fully saturated rings. The highest BCUT2D eigenvalue weighted by atomic mass is 35.5. The molecular formula is C14H11ClO3. The van der Waals surface area contributed by atoms with Crippen LogP contribution in [-0.2, 0) is 0 Å². The maximum atomic E-state index is 10.9. The van der Waals surface area contributed by atoms with Crippen LogP contribution in [0.2, 0.25) is 5.02 Å². The van der Waals surface area contributed by atoms with Gasteiger partial charge < -0.3 is 9.84 Å². The van der Waals surface area contributed by atoms with E-state index in [2.05, 4.69) is 0 Å². The molecule has 0 heterocycles. The van der Waals surface area contributed by atoms with Gasteiger partial charge in [-0.15, -0.1) is 0 Å². The Balaban J connectivity index is 2.54. The highest BCUT2D eigenvalue weighted by molar-refractivity contribution is 6.30. The molecule has 4 heteroatoms. The van der Waals surface area contributed by atoms with Gasteiger partial charge >= 0.3 is 5.97 Å². The minimum Gasteiger partial charge on any atom is -0.496 e. The summed E-state index contributed by atoms with van der Waals surface area (Å²) in [6.45, 7) is 0. The molecule has 0 aliphatic rings. The van der Waals surface area contributed by atoms with E-state index >= 15 is 0 Å². The molecule has 0 aliphatic heterocycles. The van der Waals surface area contributed by atoms with E-state index in [4.69, 9.17) is 21.4 Å². The van der Waals surface area contributed by atoms with Gasteiger partial charge in [-0.3, -0.25) is 0 Å². The van der Waals surface area contributed by atoms with Crippen molar-refractivity contribution >= 4 is 17.6 Å². The van der Waals surface area contributed by atoms with E-state index in [0.717, 1.165) is 11.1 Å². The lowest BCUT2D eigenvalue weighted by Crippen LogP contribution is -1.96. The molecule has 0 aliphatic carbocycles. The van der Waals surface area contributed by atoms with Crippen molar-refractivity contribution in [3.8, 4) is 16.9 Å². The molecule has 1 N–H and O–H groups in total. The van der Waals surface area contributed by atoms with Crippen molar-refractivity contribution in [2.45, 2.75) is 0 Å². The van der Waals surface area contributed by atoms with Gasteiger partial charge in [0.15, 0.2) is 0 Å².